The second-order valence-electron chi connectivity index (χ2n) is 4.25. The van der Waals surface area contributed by atoms with Crippen LogP contribution in [0.4, 0.5) is 0 Å². The molecule has 0 aromatic rings. The summed E-state index contributed by atoms with van der Waals surface area (Å²) in [6.07, 6.45) is -0.484. The fourth-order valence-corrected chi connectivity index (χ4v) is 1.40. The maximum atomic E-state index is 9.61. The fourth-order valence-electron chi connectivity index (χ4n) is 1.40. The normalized spacial score (nSPS) is 14.8. The second-order valence-corrected chi connectivity index (χ2v) is 4.25. The van der Waals surface area contributed by atoms with Crippen LogP contribution in [0.1, 0.15) is 20.8 Å². The number of hydrogen-bond acceptors (Lipinski definition) is 4. The zero-order valence-electron chi connectivity index (χ0n) is 9.66. The minimum absolute atomic E-state index is 0.336. The highest BCUT2D eigenvalue weighted by Gasteiger charge is 2.19. The van der Waals surface area contributed by atoms with E-state index in [2.05, 4.69) is 0 Å². The van der Waals surface area contributed by atoms with Gasteiger partial charge >= 0.3 is 0 Å². The van der Waals surface area contributed by atoms with Gasteiger partial charge in [0.2, 0.25) is 0 Å². The highest BCUT2D eigenvalue weighted by Crippen LogP contribution is 2.05. The van der Waals surface area contributed by atoms with E-state index in [9.17, 15) is 10.2 Å². The van der Waals surface area contributed by atoms with Crippen LogP contribution in [0.3, 0.4) is 0 Å². The summed E-state index contributed by atoms with van der Waals surface area (Å²) in [5, 5.41) is 19.1. The molecule has 0 saturated carbocycles. The van der Waals surface area contributed by atoms with Gasteiger partial charge in [0.05, 0.1) is 18.3 Å². The molecule has 0 fully saturated rings. The van der Waals surface area contributed by atoms with Crippen molar-refractivity contribution in [1.82, 2.24) is 4.90 Å². The molecular formula is C10H23NO3. The summed E-state index contributed by atoms with van der Waals surface area (Å²) in [6.45, 7) is 7.77. The van der Waals surface area contributed by atoms with E-state index in [1.54, 1.807) is 21.0 Å². The molecule has 14 heavy (non-hydrogen) atoms. The molecule has 0 radical (unpaired) electrons. The number of aliphatic hydroxyl groups is 2. The summed E-state index contributed by atoms with van der Waals surface area (Å²) in [7, 11) is 1.56. The van der Waals surface area contributed by atoms with Gasteiger partial charge in [0.25, 0.3) is 0 Å². The van der Waals surface area contributed by atoms with Crippen molar-refractivity contribution in [3.05, 3.63) is 0 Å². The first kappa shape index (κ1) is 13.8. The van der Waals surface area contributed by atoms with Crippen molar-refractivity contribution >= 4 is 0 Å². The molecule has 1 atom stereocenters. The third-order valence-corrected chi connectivity index (χ3v) is 1.89. The lowest BCUT2D eigenvalue weighted by atomic mass is 10.1. The molecule has 0 spiro atoms. The van der Waals surface area contributed by atoms with Gasteiger partial charge < -0.3 is 14.9 Å². The lowest BCUT2D eigenvalue weighted by molar-refractivity contribution is 0.00175. The number of methoxy groups -OCH3 is 1. The van der Waals surface area contributed by atoms with E-state index in [1.807, 2.05) is 11.8 Å². The van der Waals surface area contributed by atoms with Crippen LogP contribution in [-0.4, -0.2) is 60.2 Å². The minimum atomic E-state index is -0.719. The van der Waals surface area contributed by atoms with E-state index < -0.39 is 11.7 Å². The third kappa shape index (κ3) is 7.26. The van der Waals surface area contributed by atoms with Gasteiger partial charge in [-0.25, -0.2) is 0 Å². The number of ether oxygens (including phenoxy) is 1. The Balaban J connectivity index is 3.90. The Morgan fingerprint density at radius 2 is 2.00 bits per heavy atom. The van der Waals surface area contributed by atoms with Crippen molar-refractivity contribution < 1.29 is 14.9 Å². The van der Waals surface area contributed by atoms with Crippen molar-refractivity contribution in [3.8, 4) is 0 Å². The SMILES string of the molecule is CCN(CC(O)COC)CC(C)(C)O. The molecule has 2 N–H and O–H groups in total. The van der Waals surface area contributed by atoms with Crippen LogP contribution in [0.5, 0.6) is 0 Å². The van der Waals surface area contributed by atoms with E-state index >= 15 is 0 Å². The summed E-state index contributed by atoms with van der Waals surface area (Å²) < 4.78 is 4.84. The summed E-state index contributed by atoms with van der Waals surface area (Å²) in [6, 6.07) is 0. The van der Waals surface area contributed by atoms with Gasteiger partial charge in [-0.1, -0.05) is 6.92 Å². The van der Waals surface area contributed by atoms with Crippen LogP contribution in [0.15, 0.2) is 0 Å². The first-order chi connectivity index (χ1) is 6.39. The molecule has 0 aliphatic carbocycles. The monoisotopic (exact) mass is 205 g/mol. The number of hydrogen-bond donors (Lipinski definition) is 2. The lowest BCUT2D eigenvalue weighted by Crippen LogP contribution is -2.43. The van der Waals surface area contributed by atoms with Gasteiger partial charge in [-0.2, -0.15) is 0 Å². The highest BCUT2D eigenvalue weighted by atomic mass is 16.5. The number of aliphatic hydroxyl groups excluding tert-OH is 1. The summed E-state index contributed by atoms with van der Waals surface area (Å²) in [5.74, 6) is 0. The maximum Gasteiger partial charge on any atom is 0.0900 e. The molecule has 4 nitrogen and oxygen atoms in total. The molecule has 0 rings (SSSR count). The third-order valence-electron chi connectivity index (χ3n) is 1.89. The fraction of sp³-hybridized carbons (Fsp3) is 1.00. The van der Waals surface area contributed by atoms with E-state index in [0.29, 0.717) is 19.7 Å². The van der Waals surface area contributed by atoms with Crippen molar-refractivity contribution in [2.45, 2.75) is 32.5 Å². The Kier molecular flexibility index (Phi) is 6.27. The van der Waals surface area contributed by atoms with Crippen LogP contribution in [-0.2, 0) is 4.74 Å². The van der Waals surface area contributed by atoms with Crippen molar-refractivity contribution in [3.63, 3.8) is 0 Å². The van der Waals surface area contributed by atoms with Gasteiger partial charge in [0, 0.05) is 20.2 Å². The molecule has 4 heteroatoms. The molecule has 0 heterocycles. The van der Waals surface area contributed by atoms with Crippen molar-refractivity contribution in [2.24, 2.45) is 0 Å². The van der Waals surface area contributed by atoms with E-state index in [-0.39, 0.29) is 0 Å². The minimum Gasteiger partial charge on any atom is -0.389 e. The average molecular weight is 205 g/mol. The molecule has 0 bridgehead atoms. The van der Waals surface area contributed by atoms with Crippen LogP contribution in [0, 0.1) is 0 Å². The zero-order chi connectivity index (χ0) is 11.2. The largest absolute Gasteiger partial charge is 0.389 e. The predicted octanol–water partition coefficient (Wildman–Crippen LogP) is 0.0865. The Morgan fingerprint density at radius 1 is 1.43 bits per heavy atom. The number of nitrogens with zero attached hydrogens (tertiary/aromatic N) is 1. The number of likely N-dealkylation sites (N-methyl/N-ethyl adjacent to an activating group) is 1. The zero-order valence-corrected chi connectivity index (χ0v) is 9.66. The standard InChI is InChI=1S/C10H23NO3/c1-5-11(8-10(2,3)13)6-9(12)7-14-4/h9,12-13H,5-8H2,1-4H3. The van der Waals surface area contributed by atoms with Crippen LogP contribution < -0.4 is 0 Å². The smallest absolute Gasteiger partial charge is 0.0900 e. The lowest BCUT2D eigenvalue weighted by Gasteiger charge is -2.29. The Hall–Kier alpha value is -0.160. The van der Waals surface area contributed by atoms with Gasteiger partial charge in [-0.15, -0.1) is 0 Å². The Labute approximate surface area is 86.5 Å². The molecule has 0 aromatic heterocycles. The molecule has 0 aromatic carbocycles. The van der Waals surface area contributed by atoms with Crippen molar-refractivity contribution in [1.29, 1.82) is 0 Å². The van der Waals surface area contributed by atoms with Gasteiger partial charge in [0.15, 0.2) is 0 Å². The van der Waals surface area contributed by atoms with Crippen LogP contribution in [0.2, 0.25) is 0 Å². The molecule has 0 aliphatic heterocycles. The summed E-state index contributed by atoms with van der Waals surface area (Å²) >= 11 is 0. The quantitative estimate of drug-likeness (QED) is 0.618. The van der Waals surface area contributed by atoms with Gasteiger partial charge in [-0.3, -0.25) is 4.90 Å². The molecule has 0 aliphatic rings. The van der Waals surface area contributed by atoms with Crippen LogP contribution in [0.25, 0.3) is 0 Å². The van der Waals surface area contributed by atoms with Crippen molar-refractivity contribution in [2.75, 3.05) is 33.4 Å². The second kappa shape index (κ2) is 6.35. The molecule has 0 amide bonds. The molecular weight excluding hydrogens is 182 g/mol. The molecule has 0 saturated heterocycles. The van der Waals surface area contributed by atoms with E-state index in [1.165, 1.54) is 0 Å². The molecule has 1 unspecified atom stereocenters. The van der Waals surface area contributed by atoms with E-state index in [0.717, 1.165) is 6.54 Å². The van der Waals surface area contributed by atoms with Gasteiger partial charge in [0.1, 0.15) is 0 Å². The maximum absolute atomic E-state index is 9.61. The Bertz CT molecular complexity index is 145. The first-order valence-corrected chi connectivity index (χ1v) is 5.00. The summed E-state index contributed by atoms with van der Waals surface area (Å²) in [4.78, 5) is 2.00. The Morgan fingerprint density at radius 3 is 2.36 bits per heavy atom. The topological polar surface area (TPSA) is 52.9 Å². The average Bonchev–Trinajstić information content (AvgIpc) is 2.01. The first-order valence-electron chi connectivity index (χ1n) is 5.00. The van der Waals surface area contributed by atoms with Crippen LogP contribution >= 0.6 is 0 Å². The number of rotatable bonds is 7. The molecule has 86 valence electrons. The highest BCUT2D eigenvalue weighted by molar-refractivity contribution is 4.73. The van der Waals surface area contributed by atoms with Gasteiger partial charge in [-0.05, 0) is 20.4 Å². The van der Waals surface area contributed by atoms with E-state index in [4.69, 9.17) is 4.74 Å². The predicted molar refractivity (Wildman–Crippen MR) is 56.3 cm³/mol. The summed E-state index contributed by atoms with van der Waals surface area (Å²) in [5.41, 5.74) is -0.719.